The van der Waals surface area contributed by atoms with Crippen molar-refractivity contribution in [3.05, 3.63) is 24.3 Å². The van der Waals surface area contributed by atoms with Gasteiger partial charge in [-0.1, -0.05) is 12.1 Å². The van der Waals surface area contributed by atoms with Gasteiger partial charge in [-0.25, -0.2) is 0 Å². The van der Waals surface area contributed by atoms with Gasteiger partial charge in [0.15, 0.2) is 0 Å². The molecule has 1 fully saturated rings. The van der Waals surface area contributed by atoms with Gasteiger partial charge in [0, 0.05) is 26.7 Å². The third-order valence-electron chi connectivity index (χ3n) is 3.71. The molecular formula is C14H19N3O2. The van der Waals surface area contributed by atoms with Crippen molar-refractivity contribution < 1.29 is 9.53 Å². The standard InChI is InChI=1S/C14H19N3O2/c1-16-12-4-2-3-5-13(12)17(10-14(16)18)9-11-8-15-6-7-19-11/h2-5,11,15H,6-10H2,1H3. The van der Waals surface area contributed by atoms with Crippen molar-refractivity contribution in [2.24, 2.45) is 0 Å². The first-order chi connectivity index (χ1) is 9.25. The van der Waals surface area contributed by atoms with E-state index in [9.17, 15) is 4.79 Å². The van der Waals surface area contributed by atoms with Gasteiger partial charge in [0.25, 0.3) is 0 Å². The summed E-state index contributed by atoms with van der Waals surface area (Å²) in [5.41, 5.74) is 2.08. The van der Waals surface area contributed by atoms with E-state index in [0.717, 1.165) is 37.6 Å². The Kier molecular flexibility index (Phi) is 3.40. The van der Waals surface area contributed by atoms with Crippen molar-refractivity contribution in [3.63, 3.8) is 0 Å². The maximum absolute atomic E-state index is 12.0. The minimum absolute atomic E-state index is 0.127. The summed E-state index contributed by atoms with van der Waals surface area (Å²) in [5, 5.41) is 3.32. The zero-order valence-corrected chi connectivity index (χ0v) is 11.1. The molecule has 1 atom stereocenters. The largest absolute Gasteiger partial charge is 0.374 e. The molecule has 1 saturated heterocycles. The van der Waals surface area contributed by atoms with Gasteiger partial charge in [-0.3, -0.25) is 4.79 Å². The number of rotatable bonds is 2. The van der Waals surface area contributed by atoms with Crippen LogP contribution in [0.4, 0.5) is 11.4 Å². The van der Waals surface area contributed by atoms with Crippen LogP contribution in [0.1, 0.15) is 0 Å². The predicted octanol–water partition coefficient (Wildman–Crippen LogP) is 0.458. The van der Waals surface area contributed by atoms with E-state index in [1.807, 2.05) is 25.2 Å². The third kappa shape index (κ3) is 2.43. The molecule has 5 heteroatoms. The SMILES string of the molecule is CN1C(=O)CN(CC2CNCCO2)c2ccccc21. The van der Waals surface area contributed by atoms with E-state index in [1.165, 1.54) is 0 Å². The van der Waals surface area contributed by atoms with Crippen LogP contribution in [-0.2, 0) is 9.53 Å². The predicted molar refractivity (Wildman–Crippen MR) is 74.7 cm³/mol. The Morgan fingerprint density at radius 1 is 1.37 bits per heavy atom. The number of nitrogens with one attached hydrogen (secondary N) is 1. The van der Waals surface area contributed by atoms with Crippen LogP contribution in [-0.4, -0.2) is 51.8 Å². The molecule has 0 radical (unpaired) electrons. The van der Waals surface area contributed by atoms with Crippen LogP contribution >= 0.6 is 0 Å². The van der Waals surface area contributed by atoms with E-state index < -0.39 is 0 Å². The number of carbonyl (C=O) groups excluding carboxylic acids is 1. The number of morpholine rings is 1. The number of anilines is 2. The molecule has 0 aliphatic carbocycles. The maximum Gasteiger partial charge on any atom is 0.246 e. The average Bonchev–Trinajstić information content (AvgIpc) is 2.46. The fourth-order valence-electron chi connectivity index (χ4n) is 2.65. The van der Waals surface area contributed by atoms with Gasteiger partial charge >= 0.3 is 0 Å². The Balaban J connectivity index is 1.81. The van der Waals surface area contributed by atoms with Gasteiger partial charge in [-0.2, -0.15) is 0 Å². The van der Waals surface area contributed by atoms with Crippen molar-refractivity contribution >= 4 is 17.3 Å². The number of benzene rings is 1. The van der Waals surface area contributed by atoms with Gasteiger partial charge in [-0.15, -0.1) is 0 Å². The number of hydrogen-bond donors (Lipinski definition) is 1. The van der Waals surface area contributed by atoms with E-state index in [4.69, 9.17) is 4.74 Å². The molecule has 1 N–H and O–H groups in total. The molecule has 1 unspecified atom stereocenters. The van der Waals surface area contributed by atoms with E-state index >= 15 is 0 Å². The average molecular weight is 261 g/mol. The number of para-hydroxylation sites is 2. The molecule has 1 aromatic carbocycles. The summed E-state index contributed by atoms with van der Waals surface area (Å²) in [7, 11) is 1.83. The zero-order chi connectivity index (χ0) is 13.2. The summed E-state index contributed by atoms with van der Waals surface area (Å²) in [6, 6.07) is 8.02. The fraction of sp³-hybridized carbons (Fsp3) is 0.500. The lowest BCUT2D eigenvalue weighted by molar-refractivity contribution is -0.117. The van der Waals surface area contributed by atoms with Crippen LogP contribution in [0.2, 0.25) is 0 Å². The number of carbonyl (C=O) groups is 1. The lowest BCUT2D eigenvalue weighted by atomic mass is 10.1. The Morgan fingerprint density at radius 3 is 2.89 bits per heavy atom. The third-order valence-corrected chi connectivity index (χ3v) is 3.71. The quantitative estimate of drug-likeness (QED) is 0.840. The molecule has 1 amide bonds. The van der Waals surface area contributed by atoms with Gasteiger partial charge in [0.2, 0.25) is 5.91 Å². The first-order valence-corrected chi connectivity index (χ1v) is 6.68. The second-order valence-corrected chi connectivity index (χ2v) is 5.02. The van der Waals surface area contributed by atoms with E-state index in [1.54, 1.807) is 4.90 Å². The number of ether oxygens (including phenoxy) is 1. The number of nitrogens with zero attached hydrogens (tertiary/aromatic N) is 2. The highest BCUT2D eigenvalue weighted by atomic mass is 16.5. The molecule has 0 aromatic heterocycles. The van der Waals surface area contributed by atoms with Crippen LogP contribution in [0.15, 0.2) is 24.3 Å². The monoisotopic (exact) mass is 261 g/mol. The summed E-state index contributed by atoms with van der Waals surface area (Å²) in [6.45, 7) is 3.68. The van der Waals surface area contributed by atoms with Crippen molar-refractivity contribution in [3.8, 4) is 0 Å². The molecule has 0 spiro atoms. The Bertz CT molecular complexity index is 472. The second-order valence-electron chi connectivity index (χ2n) is 5.02. The summed E-state index contributed by atoms with van der Waals surface area (Å²) in [6.07, 6.45) is 0.151. The van der Waals surface area contributed by atoms with Crippen molar-refractivity contribution in [2.75, 3.05) is 49.6 Å². The molecule has 19 heavy (non-hydrogen) atoms. The van der Waals surface area contributed by atoms with Crippen LogP contribution in [0.5, 0.6) is 0 Å². The number of amides is 1. The van der Waals surface area contributed by atoms with Crippen LogP contribution in [0, 0.1) is 0 Å². The normalized spacial score (nSPS) is 23.4. The van der Waals surface area contributed by atoms with Gasteiger partial charge in [0.1, 0.15) is 0 Å². The molecule has 2 heterocycles. The molecule has 0 bridgehead atoms. The molecule has 3 rings (SSSR count). The van der Waals surface area contributed by atoms with Crippen LogP contribution < -0.4 is 15.1 Å². The molecule has 102 valence electrons. The molecule has 2 aliphatic heterocycles. The van der Waals surface area contributed by atoms with E-state index in [2.05, 4.69) is 16.3 Å². The highest BCUT2D eigenvalue weighted by Crippen LogP contribution is 2.32. The topological polar surface area (TPSA) is 44.8 Å². The minimum Gasteiger partial charge on any atom is -0.374 e. The Morgan fingerprint density at radius 2 is 2.16 bits per heavy atom. The lowest BCUT2D eigenvalue weighted by Crippen LogP contribution is -2.50. The zero-order valence-electron chi connectivity index (χ0n) is 11.1. The lowest BCUT2D eigenvalue weighted by Gasteiger charge is -2.38. The molecule has 5 nitrogen and oxygen atoms in total. The van der Waals surface area contributed by atoms with Crippen molar-refractivity contribution in [1.29, 1.82) is 0 Å². The molecular weight excluding hydrogens is 242 g/mol. The van der Waals surface area contributed by atoms with Gasteiger partial charge in [-0.05, 0) is 12.1 Å². The second kappa shape index (κ2) is 5.19. The highest BCUT2D eigenvalue weighted by Gasteiger charge is 2.28. The fourth-order valence-corrected chi connectivity index (χ4v) is 2.65. The van der Waals surface area contributed by atoms with Gasteiger partial charge in [0.05, 0.1) is 30.6 Å². The molecule has 2 aliphatic rings. The van der Waals surface area contributed by atoms with E-state index in [-0.39, 0.29) is 12.0 Å². The maximum atomic E-state index is 12.0. The highest BCUT2D eigenvalue weighted by molar-refractivity contribution is 6.02. The molecule has 1 aromatic rings. The number of fused-ring (bicyclic) bond motifs is 1. The Labute approximate surface area is 113 Å². The van der Waals surface area contributed by atoms with E-state index in [0.29, 0.717) is 6.54 Å². The smallest absolute Gasteiger partial charge is 0.246 e. The first kappa shape index (κ1) is 12.4. The van der Waals surface area contributed by atoms with Crippen LogP contribution in [0.25, 0.3) is 0 Å². The van der Waals surface area contributed by atoms with Crippen LogP contribution in [0.3, 0.4) is 0 Å². The summed E-state index contributed by atoms with van der Waals surface area (Å²) in [4.78, 5) is 15.9. The minimum atomic E-state index is 0.127. The first-order valence-electron chi connectivity index (χ1n) is 6.68. The number of likely N-dealkylation sites (N-methyl/N-ethyl adjacent to an activating group) is 1. The van der Waals surface area contributed by atoms with Gasteiger partial charge < -0.3 is 19.9 Å². The summed E-state index contributed by atoms with van der Waals surface area (Å²) in [5.74, 6) is 0.127. The summed E-state index contributed by atoms with van der Waals surface area (Å²) >= 11 is 0. The summed E-state index contributed by atoms with van der Waals surface area (Å²) < 4.78 is 5.73. The Hall–Kier alpha value is -1.59. The number of hydrogen-bond acceptors (Lipinski definition) is 4. The molecule has 0 saturated carbocycles. The van der Waals surface area contributed by atoms with Crippen molar-refractivity contribution in [1.82, 2.24) is 5.32 Å². The van der Waals surface area contributed by atoms with Crippen molar-refractivity contribution in [2.45, 2.75) is 6.10 Å².